The van der Waals surface area contributed by atoms with E-state index < -0.39 is 0 Å². The van der Waals surface area contributed by atoms with Crippen LogP contribution in [0.2, 0.25) is 0 Å². The molecule has 2 aromatic rings. The van der Waals surface area contributed by atoms with Gasteiger partial charge in [0.25, 0.3) is 0 Å². The minimum Gasteiger partial charge on any atom is -0.352 e. The second kappa shape index (κ2) is 7.72. The molecule has 4 rings (SSSR count). The summed E-state index contributed by atoms with van der Waals surface area (Å²) in [5.41, 5.74) is 0. The molecule has 0 aliphatic heterocycles. The maximum atomic E-state index is 12.7. The van der Waals surface area contributed by atoms with Crippen molar-refractivity contribution in [1.82, 2.24) is 20.1 Å². The van der Waals surface area contributed by atoms with Gasteiger partial charge < -0.3 is 5.32 Å². The van der Waals surface area contributed by atoms with E-state index in [1.165, 1.54) is 43.9 Å². The highest BCUT2D eigenvalue weighted by Gasteiger charge is 2.32. The number of thioether (sulfide) groups is 1. The van der Waals surface area contributed by atoms with E-state index in [0.29, 0.717) is 18.0 Å². The molecule has 2 saturated carbocycles. The molecule has 2 heterocycles. The van der Waals surface area contributed by atoms with Gasteiger partial charge in [-0.1, -0.05) is 37.6 Å². The van der Waals surface area contributed by atoms with Gasteiger partial charge in [-0.3, -0.25) is 9.36 Å². The Labute approximate surface area is 163 Å². The van der Waals surface area contributed by atoms with Crippen molar-refractivity contribution in [3.05, 3.63) is 17.5 Å². The zero-order valence-electron chi connectivity index (χ0n) is 15.4. The molecule has 3 atom stereocenters. The lowest BCUT2D eigenvalue weighted by Gasteiger charge is -2.30. The number of nitrogens with zero attached hydrogens (tertiary/aromatic N) is 3. The van der Waals surface area contributed by atoms with E-state index in [2.05, 4.69) is 38.5 Å². The number of amides is 1. The first kappa shape index (κ1) is 18.0. The van der Waals surface area contributed by atoms with E-state index in [0.717, 1.165) is 22.3 Å². The van der Waals surface area contributed by atoms with Crippen LogP contribution in [-0.4, -0.2) is 32.0 Å². The Kier molecular flexibility index (Phi) is 5.36. The zero-order chi connectivity index (χ0) is 18.1. The Morgan fingerprint density at radius 3 is 2.81 bits per heavy atom. The summed E-state index contributed by atoms with van der Waals surface area (Å²) in [5.74, 6) is 1.64. The van der Waals surface area contributed by atoms with Gasteiger partial charge in [0.15, 0.2) is 11.0 Å². The topological polar surface area (TPSA) is 59.8 Å². The maximum Gasteiger partial charge on any atom is 0.233 e. The minimum absolute atomic E-state index is 0.122. The molecule has 2 aromatic heterocycles. The fraction of sp³-hybridized carbons (Fsp3) is 0.632. The monoisotopic (exact) mass is 390 g/mol. The van der Waals surface area contributed by atoms with Gasteiger partial charge in [0, 0.05) is 12.1 Å². The van der Waals surface area contributed by atoms with Crippen LogP contribution in [-0.2, 0) is 4.79 Å². The van der Waals surface area contributed by atoms with Gasteiger partial charge in [-0.05, 0) is 50.0 Å². The van der Waals surface area contributed by atoms with Gasteiger partial charge in [0.1, 0.15) is 0 Å². The molecule has 26 heavy (non-hydrogen) atoms. The number of thiophene rings is 1. The first-order valence-electron chi connectivity index (χ1n) is 9.59. The fourth-order valence-corrected chi connectivity index (χ4v) is 5.27. The van der Waals surface area contributed by atoms with Crippen LogP contribution < -0.4 is 5.32 Å². The molecular formula is C19H26N4OS2. The van der Waals surface area contributed by atoms with Gasteiger partial charge in [-0.25, -0.2) is 0 Å². The van der Waals surface area contributed by atoms with Crippen molar-refractivity contribution in [2.24, 2.45) is 5.92 Å². The van der Waals surface area contributed by atoms with Gasteiger partial charge in [0.05, 0.1) is 10.1 Å². The molecule has 2 aliphatic rings. The lowest BCUT2D eigenvalue weighted by atomic mass is 9.86. The molecule has 3 unspecified atom stereocenters. The SMILES string of the molecule is CC(Sc1nnc(-c2cccs2)n1C1CC1)C(=O)NC1CCCCC1C. The number of rotatable bonds is 6. The quantitative estimate of drug-likeness (QED) is 0.737. The summed E-state index contributed by atoms with van der Waals surface area (Å²) in [4.78, 5) is 13.8. The molecule has 1 amide bonds. The van der Waals surface area contributed by atoms with Crippen LogP contribution in [0.4, 0.5) is 0 Å². The molecule has 2 fully saturated rings. The lowest BCUT2D eigenvalue weighted by molar-refractivity contribution is -0.121. The van der Waals surface area contributed by atoms with E-state index in [1.807, 2.05) is 13.0 Å². The summed E-state index contributed by atoms with van der Waals surface area (Å²) >= 11 is 3.22. The largest absolute Gasteiger partial charge is 0.352 e. The minimum atomic E-state index is -0.165. The predicted molar refractivity (Wildman–Crippen MR) is 106 cm³/mol. The maximum absolute atomic E-state index is 12.7. The number of carbonyl (C=O) groups is 1. The van der Waals surface area contributed by atoms with Crippen molar-refractivity contribution in [2.45, 2.75) is 74.9 Å². The zero-order valence-corrected chi connectivity index (χ0v) is 17.0. The molecule has 1 N–H and O–H groups in total. The van der Waals surface area contributed by atoms with Crippen LogP contribution >= 0.6 is 23.1 Å². The van der Waals surface area contributed by atoms with Gasteiger partial charge in [-0.15, -0.1) is 21.5 Å². The van der Waals surface area contributed by atoms with Crippen LogP contribution in [0.5, 0.6) is 0 Å². The Morgan fingerprint density at radius 2 is 2.12 bits per heavy atom. The van der Waals surface area contributed by atoms with Crippen molar-refractivity contribution < 1.29 is 4.79 Å². The molecule has 2 aliphatic carbocycles. The van der Waals surface area contributed by atoms with E-state index in [9.17, 15) is 4.79 Å². The van der Waals surface area contributed by atoms with E-state index in [4.69, 9.17) is 0 Å². The molecule has 7 heteroatoms. The molecule has 0 aromatic carbocycles. The summed E-state index contributed by atoms with van der Waals surface area (Å²) < 4.78 is 2.24. The first-order chi connectivity index (χ1) is 12.6. The molecule has 0 saturated heterocycles. The highest BCUT2D eigenvalue weighted by molar-refractivity contribution is 8.00. The Hall–Kier alpha value is -1.34. The highest BCUT2D eigenvalue weighted by Crippen LogP contribution is 2.42. The van der Waals surface area contributed by atoms with Crippen molar-refractivity contribution >= 4 is 29.0 Å². The predicted octanol–water partition coefficient (Wildman–Crippen LogP) is 4.52. The third kappa shape index (κ3) is 3.83. The molecular weight excluding hydrogens is 364 g/mol. The number of aromatic nitrogens is 3. The van der Waals surface area contributed by atoms with Crippen LogP contribution in [0, 0.1) is 5.92 Å². The van der Waals surface area contributed by atoms with Gasteiger partial charge in [-0.2, -0.15) is 0 Å². The van der Waals surface area contributed by atoms with Crippen LogP contribution in [0.1, 0.15) is 58.4 Å². The normalized spacial score (nSPS) is 24.4. The van der Waals surface area contributed by atoms with Crippen LogP contribution in [0.15, 0.2) is 22.7 Å². The van der Waals surface area contributed by atoms with Crippen molar-refractivity contribution in [1.29, 1.82) is 0 Å². The molecule has 5 nitrogen and oxygen atoms in total. The standard InChI is InChI=1S/C19H26N4OS2/c1-12-6-3-4-7-15(12)20-18(24)13(2)26-19-22-21-17(16-8-5-11-25-16)23(19)14-9-10-14/h5,8,11-15H,3-4,6-7,9-10H2,1-2H3,(H,20,24). The number of hydrogen-bond donors (Lipinski definition) is 1. The number of carbonyl (C=O) groups excluding carboxylic acids is 1. The molecule has 140 valence electrons. The molecule has 0 bridgehead atoms. The number of hydrogen-bond acceptors (Lipinski definition) is 5. The van der Waals surface area contributed by atoms with E-state index in [1.54, 1.807) is 11.3 Å². The second-order valence-electron chi connectivity index (χ2n) is 7.52. The highest BCUT2D eigenvalue weighted by atomic mass is 32.2. The average molecular weight is 391 g/mol. The summed E-state index contributed by atoms with van der Waals surface area (Å²) in [6, 6.07) is 4.93. The van der Waals surface area contributed by atoms with Crippen molar-refractivity contribution in [3.63, 3.8) is 0 Å². The van der Waals surface area contributed by atoms with Crippen molar-refractivity contribution in [2.75, 3.05) is 0 Å². The van der Waals surface area contributed by atoms with Crippen LogP contribution in [0.3, 0.4) is 0 Å². The summed E-state index contributed by atoms with van der Waals surface area (Å²) in [6.07, 6.45) is 7.16. The van der Waals surface area contributed by atoms with Gasteiger partial charge in [0.2, 0.25) is 5.91 Å². The van der Waals surface area contributed by atoms with E-state index >= 15 is 0 Å². The lowest BCUT2D eigenvalue weighted by Crippen LogP contribution is -2.44. The summed E-state index contributed by atoms with van der Waals surface area (Å²) in [7, 11) is 0. The van der Waals surface area contributed by atoms with E-state index in [-0.39, 0.29) is 11.2 Å². The average Bonchev–Trinajstić information content (AvgIpc) is 3.16. The van der Waals surface area contributed by atoms with Crippen molar-refractivity contribution in [3.8, 4) is 10.7 Å². The Morgan fingerprint density at radius 1 is 1.31 bits per heavy atom. The summed E-state index contributed by atoms with van der Waals surface area (Å²) in [5, 5.41) is 14.9. The number of nitrogens with one attached hydrogen (secondary N) is 1. The molecule has 0 spiro atoms. The van der Waals surface area contributed by atoms with Gasteiger partial charge >= 0.3 is 0 Å². The molecule has 0 radical (unpaired) electrons. The Bertz CT molecular complexity index is 754. The third-order valence-electron chi connectivity index (χ3n) is 5.41. The Balaban J connectivity index is 1.46. The second-order valence-corrected chi connectivity index (χ2v) is 9.78. The van der Waals surface area contributed by atoms with Crippen LogP contribution in [0.25, 0.3) is 10.7 Å². The smallest absolute Gasteiger partial charge is 0.233 e. The first-order valence-corrected chi connectivity index (χ1v) is 11.3. The summed E-state index contributed by atoms with van der Waals surface area (Å²) in [6.45, 7) is 4.23. The third-order valence-corrected chi connectivity index (χ3v) is 7.33. The fourth-order valence-electron chi connectivity index (χ4n) is 3.64.